The topological polar surface area (TPSA) is 103 Å². The highest BCUT2D eigenvalue weighted by molar-refractivity contribution is 5.53. The van der Waals surface area contributed by atoms with E-state index in [1.165, 1.54) is 0 Å². The molecule has 3 aromatic rings. The summed E-state index contributed by atoms with van der Waals surface area (Å²) in [6.07, 6.45) is 6.62. The zero-order chi connectivity index (χ0) is 27.5. The fourth-order valence-corrected chi connectivity index (χ4v) is 4.18. The number of hydrogen-bond acceptors (Lipinski definition) is 10. The molecule has 0 N–H and O–H groups in total. The first-order chi connectivity index (χ1) is 18.5. The minimum Gasteiger partial charge on any atom is -0.493 e. The normalized spacial score (nSPS) is 11.6. The summed E-state index contributed by atoms with van der Waals surface area (Å²) in [7, 11) is 11.3. The molecule has 3 rings (SSSR count). The van der Waals surface area contributed by atoms with Crippen LogP contribution in [0.4, 0.5) is 0 Å². The maximum absolute atomic E-state index is 5.58. The first kappa shape index (κ1) is 29.4. The standard InChI is InChI=1S/C26H39N5O7/c1-32-20-12-19(13-21(33-2)26(20)38-7)14-29(15-22-27-8-10-30(22)17-24(34-3)35-4)16-23-28-9-11-31(23)18-25(36-5)37-6/h8-13,24-25H,14-18H2,1-7H3. The molecule has 0 bridgehead atoms. The average molecular weight is 534 g/mol. The van der Waals surface area contributed by atoms with Crippen LogP contribution in [0.5, 0.6) is 17.2 Å². The SMILES string of the molecule is COc1cc(CN(Cc2nccn2CC(OC)OC)Cc2nccn2CC(OC)OC)cc(OC)c1OC. The summed E-state index contributed by atoms with van der Waals surface area (Å²) in [4.78, 5) is 11.5. The fraction of sp³-hybridized carbons (Fsp3) is 0.538. The second-order valence-electron chi connectivity index (χ2n) is 8.47. The van der Waals surface area contributed by atoms with E-state index >= 15 is 0 Å². The Morgan fingerprint density at radius 2 is 1.11 bits per heavy atom. The van der Waals surface area contributed by atoms with E-state index in [2.05, 4.69) is 14.9 Å². The molecule has 0 aliphatic carbocycles. The van der Waals surface area contributed by atoms with Crippen LogP contribution in [0.3, 0.4) is 0 Å². The highest BCUT2D eigenvalue weighted by Gasteiger charge is 2.20. The predicted octanol–water partition coefficient (Wildman–Crippen LogP) is 2.55. The number of imidazole rings is 2. The Morgan fingerprint density at radius 1 is 0.658 bits per heavy atom. The summed E-state index contributed by atoms with van der Waals surface area (Å²) in [5, 5.41) is 0. The van der Waals surface area contributed by atoms with Crippen molar-refractivity contribution in [2.24, 2.45) is 0 Å². The third kappa shape index (κ3) is 7.45. The van der Waals surface area contributed by atoms with Gasteiger partial charge in [-0.15, -0.1) is 0 Å². The number of rotatable bonds is 17. The van der Waals surface area contributed by atoms with Crippen molar-refractivity contribution >= 4 is 0 Å². The molecule has 1 aromatic carbocycles. The molecule has 12 heteroatoms. The zero-order valence-electron chi connectivity index (χ0n) is 23.2. The van der Waals surface area contributed by atoms with Crippen LogP contribution in [-0.4, -0.2) is 86.4 Å². The molecule has 12 nitrogen and oxygen atoms in total. The van der Waals surface area contributed by atoms with Gasteiger partial charge in [-0.05, 0) is 17.7 Å². The highest BCUT2D eigenvalue weighted by atomic mass is 16.7. The van der Waals surface area contributed by atoms with Crippen LogP contribution in [0.15, 0.2) is 36.9 Å². The van der Waals surface area contributed by atoms with Gasteiger partial charge in [0, 0.05) is 59.8 Å². The van der Waals surface area contributed by atoms with Gasteiger partial charge in [0.05, 0.1) is 47.5 Å². The maximum Gasteiger partial charge on any atom is 0.203 e. The first-order valence-corrected chi connectivity index (χ1v) is 12.1. The van der Waals surface area contributed by atoms with E-state index in [1.54, 1.807) is 62.2 Å². The summed E-state index contributed by atoms with van der Waals surface area (Å²) in [5.41, 5.74) is 0.981. The van der Waals surface area contributed by atoms with Crippen molar-refractivity contribution in [3.05, 3.63) is 54.1 Å². The van der Waals surface area contributed by atoms with Gasteiger partial charge >= 0.3 is 0 Å². The lowest BCUT2D eigenvalue weighted by atomic mass is 10.1. The Labute approximate surface area is 223 Å². The number of benzene rings is 1. The molecule has 0 atom stereocenters. The van der Waals surface area contributed by atoms with Crippen molar-refractivity contribution in [3.8, 4) is 17.2 Å². The number of hydrogen-bond donors (Lipinski definition) is 0. The Morgan fingerprint density at radius 3 is 1.47 bits per heavy atom. The second-order valence-corrected chi connectivity index (χ2v) is 8.47. The van der Waals surface area contributed by atoms with Gasteiger partial charge in [-0.25, -0.2) is 9.97 Å². The Balaban J connectivity index is 1.92. The van der Waals surface area contributed by atoms with Crippen molar-refractivity contribution in [3.63, 3.8) is 0 Å². The molecule has 2 heterocycles. The molecule has 2 aromatic heterocycles. The number of methoxy groups -OCH3 is 7. The Kier molecular flexibility index (Phi) is 11.4. The summed E-state index contributed by atoms with van der Waals surface area (Å²) in [5.74, 6) is 3.46. The van der Waals surface area contributed by atoms with Gasteiger partial charge in [0.15, 0.2) is 24.1 Å². The third-order valence-corrected chi connectivity index (χ3v) is 6.21. The quantitative estimate of drug-likeness (QED) is 0.241. The minimum atomic E-state index is -0.384. The molecule has 210 valence electrons. The van der Waals surface area contributed by atoms with Gasteiger partial charge in [-0.3, -0.25) is 4.90 Å². The first-order valence-electron chi connectivity index (χ1n) is 12.1. The summed E-state index contributed by atoms with van der Waals surface area (Å²) < 4.78 is 42.3. The van der Waals surface area contributed by atoms with E-state index in [-0.39, 0.29) is 12.6 Å². The second kappa shape index (κ2) is 14.7. The fourth-order valence-electron chi connectivity index (χ4n) is 4.18. The van der Waals surface area contributed by atoms with Gasteiger partial charge in [-0.2, -0.15) is 0 Å². The number of nitrogens with zero attached hydrogens (tertiary/aromatic N) is 5. The molecule has 0 spiro atoms. The molecule has 0 saturated carbocycles. The molecule has 0 fully saturated rings. The minimum absolute atomic E-state index is 0.384. The van der Waals surface area contributed by atoms with Gasteiger partial charge in [0.25, 0.3) is 0 Å². The third-order valence-electron chi connectivity index (χ3n) is 6.21. The molecule has 0 aliphatic rings. The zero-order valence-corrected chi connectivity index (χ0v) is 23.2. The van der Waals surface area contributed by atoms with Crippen LogP contribution in [0.2, 0.25) is 0 Å². The lowest BCUT2D eigenvalue weighted by Crippen LogP contribution is -2.29. The predicted molar refractivity (Wildman–Crippen MR) is 139 cm³/mol. The summed E-state index contributed by atoms with van der Waals surface area (Å²) in [6.45, 7) is 2.66. The molecule has 0 saturated heterocycles. The largest absolute Gasteiger partial charge is 0.493 e. The van der Waals surface area contributed by atoms with Crippen LogP contribution in [0, 0.1) is 0 Å². The van der Waals surface area contributed by atoms with E-state index < -0.39 is 0 Å². The monoisotopic (exact) mass is 533 g/mol. The van der Waals surface area contributed by atoms with Gasteiger partial charge in [-0.1, -0.05) is 0 Å². The molecular formula is C26H39N5O7. The van der Waals surface area contributed by atoms with E-state index in [1.807, 2.05) is 33.7 Å². The summed E-state index contributed by atoms with van der Waals surface area (Å²) in [6, 6.07) is 3.90. The van der Waals surface area contributed by atoms with E-state index in [9.17, 15) is 0 Å². The Hall–Kier alpha value is -3.16. The van der Waals surface area contributed by atoms with E-state index in [0.29, 0.717) is 50.0 Å². The molecule has 38 heavy (non-hydrogen) atoms. The van der Waals surface area contributed by atoms with Crippen molar-refractivity contribution in [1.82, 2.24) is 24.0 Å². The number of aromatic nitrogens is 4. The summed E-state index contributed by atoms with van der Waals surface area (Å²) >= 11 is 0. The lowest BCUT2D eigenvalue weighted by Gasteiger charge is -2.25. The molecule has 0 unspecified atom stereocenters. The van der Waals surface area contributed by atoms with Crippen LogP contribution < -0.4 is 14.2 Å². The smallest absolute Gasteiger partial charge is 0.203 e. The maximum atomic E-state index is 5.58. The molecule has 0 aliphatic heterocycles. The Bertz CT molecular complexity index is 1030. The van der Waals surface area contributed by atoms with Gasteiger partial charge in [0.2, 0.25) is 5.75 Å². The van der Waals surface area contributed by atoms with Gasteiger partial charge in [0.1, 0.15) is 11.6 Å². The van der Waals surface area contributed by atoms with E-state index in [4.69, 9.17) is 33.2 Å². The molecule has 0 amide bonds. The van der Waals surface area contributed by atoms with Crippen molar-refractivity contribution in [2.45, 2.75) is 45.3 Å². The molecular weight excluding hydrogens is 494 g/mol. The van der Waals surface area contributed by atoms with Crippen molar-refractivity contribution in [2.75, 3.05) is 49.8 Å². The highest BCUT2D eigenvalue weighted by Crippen LogP contribution is 2.38. The molecule has 0 radical (unpaired) electrons. The van der Waals surface area contributed by atoms with Gasteiger partial charge < -0.3 is 42.3 Å². The van der Waals surface area contributed by atoms with Crippen LogP contribution in [-0.2, 0) is 51.7 Å². The average Bonchev–Trinajstić information content (AvgIpc) is 3.57. The lowest BCUT2D eigenvalue weighted by molar-refractivity contribution is -0.111. The van der Waals surface area contributed by atoms with Crippen LogP contribution in [0.25, 0.3) is 0 Å². The van der Waals surface area contributed by atoms with Crippen LogP contribution >= 0.6 is 0 Å². The van der Waals surface area contributed by atoms with Crippen molar-refractivity contribution < 1.29 is 33.2 Å². The van der Waals surface area contributed by atoms with E-state index in [0.717, 1.165) is 17.2 Å². The number of ether oxygens (including phenoxy) is 7. The van der Waals surface area contributed by atoms with Crippen LogP contribution in [0.1, 0.15) is 17.2 Å². The van der Waals surface area contributed by atoms with Crippen molar-refractivity contribution in [1.29, 1.82) is 0 Å².